The van der Waals surface area contributed by atoms with Gasteiger partial charge in [0.1, 0.15) is 0 Å². The van der Waals surface area contributed by atoms with Crippen molar-refractivity contribution in [3.05, 3.63) is 237 Å². The lowest BCUT2D eigenvalue weighted by Crippen LogP contribution is -2.45. The van der Waals surface area contributed by atoms with Crippen LogP contribution in [0.2, 0.25) is 0 Å². The molecule has 0 fully saturated rings. The highest BCUT2D eigenvalue weighted by atomic mass is 15.2. The Balaban J connectivity index is 0.937. The van der Waals surface area contributed by atoms with Gasteiger partial charge in [-0.15, -0.1) is 0 Å². The van der Waals surface area contributed by atoms with Crippen LogP contribution in [0, 0.1) is 17.8 Å². The van der Waals surface area contributed by atoms with Crippen molar-refractivity contribution in [3.63, 3.8) is 0 Å². The van der Waals surface area contributed by atoms with Crippen LogP contribution in [0.15, 0.2) is 188 Å². The molecule has 0 saturated heterocycles. The maximum atomic E-state index is 2.64. The molecule has 12 rings (SSSR count). The van der Waals surface area contributed by atoms with E-state index in [4.69, 9.17) is 0 Å². The lowest BCUT2D eigenvalue weighted by Gasteiger charge is -2.48. The molecule has 2 heteroatoms. The Morgan fingerprint density at radius 3 is 1.61 bits per heavy atom. The van der Waals surface area contributed by atoms with E-state index >= 15 is 0 Å². The summed E-state index contributed by atoms with van der Waals surface area (Å²) in [5.41, 5.74) is 20.1. The van der Waals surface area contributed by atoms with Gasteiger partial charge in [0.2, 0.25) is 0 Å². The number of fused-ring (bicyclic) bond motifs is 8. The molecule has 314 valence electrons. The van der Waals surface area contributed by atoms with Crippen molar-refractivity contribution in [1.82, 2.24) is 0 Å². The van der Waals surface area contributed by atoms with Crippen LogP contribution in [-0.2, 0) is 16.2 Å². The van der Waals surface area contributed by atoms with Gasteiger partial charge in [-0.25, -0.2) is 0 Å². The third-order valence-electron chi connectivity index (χ3n) is 16.0. The van der Waals surface area contributed by atoms with E-state index < -0.39 is 0 Å². The molecule has 0 bridgehead atoms. The summed E-state index contributed by atoms with van der Waals surface area (Å²) in [4.78, 5) is 5.24. The molecule has 64 heavy (non-hydrogen) atoms. The molecule has 0 radical (unpaired) electrons. The molecule has 2 heterocycles. The van der Waals surface area contributed by atoms with Gasteiger partial charge in [-0.3, -0.25) is 0 Å². The Morgan fingerprint density at radius 2 is 1.00 bits per heavy atom. The summed E-state index contributed by atoms with van der Waals surface area (Å²) in [7, 11) is 0. The third-order valence-corrected chi connectivity index (χ3v) is 16.0. The average Bonchev–Trinajstić information content (AvgIpc) is 3.54. The van der Waals surface area contributed by atoms with Crippen LogP contribution >= 0.6 is 0 Å². The van der Waals surface area contributed by atoms with Crippen molar-refractivity contribution >= 4 is 45.7 Å². The number of nitrogens with zero attached hydrogens (tertiary/aromatic N) is 2. The minimum Gasteiger partial charge on any atom is -0.333 e. The molecule has 0 N–H and O–H groups in total. The van der Waals surface area contributed by atoms with E-state index in [9.17, 15) is 0 Å². The van der Waals surface area contributed by atoms with E-state index in [1.165, 1.54) is 89.0 Å². The second-order valence-corrected chi connectivity index (χ2v) is 20.5. The number of rotatable bonds is 4. The van der Waals surface area contributed by atoms with Crippen LogP contribution in [0.3, 0.4) is 0 Å². The number of benzene rings is 6. The molecule has 4 unspecified atom stereocenters. The molecular formula is C62H56N2. The number of hydrogen-bond donors (Lipinski definition) is 0. The Bertz CT molecular complexity index is 3150. The first-order valence-electron chi connectivity index (χ1n) is 23.4. The molecule has 4 atom stereocenters. The van der Waals surface area contributed by atoms with Crippen LogP contribution < -0.4 is 20.2 Å². The third kappa shape index (κ3) is 5.38. The smallest absolute Gasteiger partial charge is 0.0589 e. The van der Waals surface area contributed by atoms with E-state index in [0.29, 0.717) is 5.92 Å². The van der Waals surface area contributed by atoms with Crippen LogP contribution in [0.25, 0.3) is 22.9 Å². The quantitative estimate of drug-likeness (QED) is 0.175. The maximum absolute atomic E-state index is 2.64. The number of para-hydroxylation sites is 4. The Hall–Kier alpha value is -6.64. The zero-order valence-electron chi connectivity index (χ0n) is 38.1. The first kappa shape index (κ1) is 39.0. The van der Waals surface area contributed by atoms with Gasteiger partial charge in [0, 0.05) is 67.7 Å². The Morgan fingerprint density at radius 1 is 0.484 bits per heavy atom. The molecule has 2 aliphatic heterocycles. The molecule has 0 saturated carbocycles. The summed E-state index contributed by atoms with van der Waals surface area (Å²) >= 11 is 0. The van der Waals surface area contributed by atoms with Gasteiger partial charge in [0.05, 0.1) is 6.04 Å². The van der Waals surface area contributed by atoms with Crippen molar-refractivity contribution in [2.75, 3.05) is 9.80 Å². The fraction of sp³-hybridized carbons (Fsp3) is 0.226. The topological polar surface area (TPSA) is 6.48 Å². The van der Waals surface area contributed by atoms with E-state index in [0.717, 1.165) is 0 Å². The van der Waals surface area contributed by atoms with Crippen LogP contribution in [-0.4, -0.2) is 6.04 Å². The second kappa shape index (κ2) is 13.9. The van der Waals surface area contributed by atoms with Crippen LogP contribution in [0.1, 0.15) is 87.4 Å². The second-order valence-electron chi connectivity index (χ2n) is 20.5. The number of allylic oxidation sites excluding steroid dienone is 6. The molecule has 6 aromatic carbocycles. The first-order valence-corrected chi connectivity index (χ1v) is 23.4. The van der Waals surface area contributed by atoms with E-state index in [1.807, 2.05) is 0 Å². The van der Waals surface area contributed by atoms with Gasteiger partial charge < -0.3 is 9.80 Å². The van der Waals surface area contributed by atoms with Crippen molar-refractivity contribution in [2.24, 2.45) is 17.8 Å². The fourth-order valence-corrected chi connectivity index (χ4v) is 13.0. The van der Waals surface area contributed by atoms with Gasteiger partial charge in [-0.05, 0) is 85.1 Å². The van der Waals surface area contributed by atoms with Crippen LogP contribution in [0.4, 0.5) is 22.7 Å². The van der Waals surface area contributed by atoms with E-state index in [-0.39, 0.29) is 34.1 Å². The van der Waals surface area contributed by atoms with E-state index in [2.05, 4.69) is 246 Å². The Labute approximate surface area is 379 Å². The minimum atomic E-state index is -0.128. The summed E-state index contributed by atoms with van der Waals surface area (Å²) in [5, 5.41) is 2.61. The predicted molar refractivity (Wildman–Crippen MR) is 270 cm³/mol. The molecule has 0 aromatic heterocycles. The standard InChI is InChI=1S/C62H56N2/c1-39-53(63-54-28-16-12-24-48(54)60(2,3)49-25-13-17-29-55(49)63)37-36-45-44-35-33-40(38-52(44)62(6,7)58(39)45)32-34-43-41-20-8-10-22-46(41)59(47-23-11-9-21-42(43)47)64-56-30-18-14-26-50(56)61(4,5)51-27-15-19-31-57(51)64/h8-39,41,46,53H,1-7H3. The van der Waals surface area contributed by atoms with Crippen molar-refractivity contribution in [1.29, 1.82) is 0 Å². The van der Waals surface area contributed by atoms with E-state index in [1.54, 1.807) is 5.57 Å². The zero-order valence-corrected chi connectivity index (χ0v) is 38.1. The summed E-state index contributed by atoms with van der Waals surface area (Å²) < 4.78 is 0. The lowest BCUT2D eigenvalue weighted by molar-refractivity contribution is 0.482. The summed E-state index contributed by atoms with van der Waals surface area (Å²) in [6.45, 7) is 16.9. The minimum absolute atomic E-state index is 0.0742. The summed E-state index contributed by atoms with van der Waals surface area (Å²) in [5.74, 6) is 0.665. The van der Waals surface area contributed by atoms with Gasteiger partial charge in [0.25, 0.3) is 0 Å². The summed E-state index contributed by atoms with van der Waals surface area (Å²) in [6, 6.07) is 52.8. The van der Waals surface area contributed by atoms with Crippen LogP contribution in [0.5, 0.6) is 0 Å². The highest BCUT2D eigenvalue weighted by Gasteiger charge is 2.47. The van der Waals surface area contributed by atoms with Crippen molar-refractivity contribution in [3.8, 4) is 0 Å². The normalized spacial score (nSPS) is 23.5. The first-order chi connectivity index (χ1) is 31.0. The average molecular weight is 829 g/mol. The molecule has 4 aliphatic carbocycles. The largest absolute Gasteiger partial charge is 0.333 e. The monoisotopic (exact) mass is 828 g/mol. The molecule has 2 nitrogen and oxygen atoms in total. The number of hydrogen-bond acceptors (Lipinski definition) is 2. The van der Waals surface area contributed by atoms with Crippen molar-refractivity contribution < 1.29 is 0 Å². The molecule has 6 aromatic rings. The molecule has 6 aliphatic rings. The zero-order chi connectivity index (χ0) is 43.7. The molecular weight excluding hydrogens is 773 g/mol. The van der Waals surface area contributed by atoms with Crippen molar-refractivity contribution in [2.45, 2.75) is 70.8 Å². The highest BCUT2D eigenvalue weighted by molar-refractivity contribution is 5.93. The van der Waals surface area contributed by atoms with Gasteiger partial charge in [-0.2, -0.15) is 0 Å². The highest BCUT2D eigenvalue weighted by Crippen LogP contribution is 2.57. The fourth-order valence-electron chi connectivity index (χ4n) is 13.0. The molecule has 0 amide bonds. The van der Waals surface area contributed by atoms with Gasteiger partial charge >= 0.3 is 0 Å². The van der Waals surface area contributed by atoms with Gasteiger partial charge in [-0.1, -0.05) is 212 Å². The lowest BCUT2D eigenvalue weighted by atomic mass is 9.70. The number of anilines is 4. The van der Waals surface area contributed by atoms with Gasteiger partial charge in [0.15, 0.2) is 0 Å². The predicted octanol–water partition coefficient (Wildman–Crippen LogP) is 13.6. The Kier molecular flexibility index (Phi) is 8.49. The SMILES string of the molecule is CC1C2=C(C=CC1N1c3ccccc3C(C)(C)c3ccccc31)c1ccc(C=CC3=c4ccccc4=C(N4c5ccccc5C(C)(C)c5ccccc54)C4C=CC=CC34)cc1C2(C)C. The maximum Gasteiger partial charge on any atom is 0.0589 e. The molecule has 0 spiro atoms. The summed E-state index contributed by atoms with van der Waals surface area (Å²) in [6.07, 6.45) is 19.1.